The van der Waals surface area contributed by atoms with Crippen LogP contribution < -0.4 is 15.4 Å². The van der Waals surface area contributed by atoms with Crippen LogP contribution in [0.2, 0.25) is 0 Å². The number of nitriles is 1. The van der Waals surface area contributed by atoms with Crippen LogP contribution in [0.1, 0.15) is 47.6 Å². The van der Waals surface area contributed by atoms with Crippen LogP contribution in [0.4, 0.5) is 24.7 Å². The second-order valence-electron chi connectivity index (χ2n) is 10.7. The van der Waals surface area contributed by atoms with Gasteiger partial charge in [-0.2, -0.15) is 23.5 Å². The first-order chi connectivity index (χ1) is 20.2. The molecule has 1 amide bonds. The molecule has 3 aliphatic heterocycles. The van der Waals surface area contributed by atoms with E-state index in [-0.39, 0.29) is 30.7 Å². The molecule has 3 aliphatic rings. The Morgan fingerprint density at radius 1 is 1.10 bits per heavy atom. The number of ether oxygens (including phenoxy) is 1. The van der Waals surface area contributed by atoms with Crippen molar-refractivity contribution in [1.82, 2.24) is 20.1 Å². The standard InChI is InChI=1S/C29H28F3N7O3/c30-29(31,32)26-22(16-35-36-28(26)41)39-17-19-3-1-2-4-21(19)27(39)23-7-6-20(42-23)13-25(40)38-11-9-37(10-12-38)24-8-5-18(14-33)15-34-24/h1-5,8,15-16,20,23,27H,6-7,9-13,17H2,(H,36,41)/t20-,23-,27+/m0/s1. The van der Waals surface area contributed by atoms with Gasteiger partial charge in [-0.05, 0) is 36.1 Å². The second-order valence-corrected chi connectivity index (χ2v) is 10.7. The van der Waals surface area contributed by atoms with E-state index in [2.05, 4.69) is 21.1 Å². The van der Waals surface area contributed by atoms with Gasteiger partial charge in [0.1, 0.15) is 17.5 Å². The number of carbonyl (C=O) groups excluding carboxylic acids is 1. The molecule has 2 saturated heterocycles. The number of fused-ring (bicyclic) bond motifs is 1. The van der Waals surface area contributed by atoms with Gasteiger partial charge in [0.25, 0.3) is 5.56 Å². The lowest BCUT2D eigenvalue weighted by atomic mass is 9.98. The van der Waals surface area contributed by atoms with Crippen molar-refractivity contribution < 1.29 is 22.7 Å². The van der Waals surface area contributed by atoms with Gasteiger partial charge in [-0.25, -0.2) is 10.1 Å². The maximum atomic E-state index is 14.0. The molecular weight excluding hydrogens is 551 g/mol. The van der Waals surface area contributed by atoms with Crippen molar-refractivity contribution in [3.05, 3.63) is 81.4 Å². The number of halogens is 3. The Morgan fingerprint density at radius 3 is 2.60 bits per heavy atom. The summed E-state index contributed by atoms with van der Waals surface area (Å²) < 4.78 is 48.3. The van der Waals surface area contributed by atoms with Gasteiger partial charge in [0, 0.05) is 38.9 Å². The number of amides is 1. The lowest BCUT2D eigenvalue weighted by molar-refractivity contribution is -0.138. The molecular formula is C29H28F3N7O3. The number of carbonyl (C=O) groups is 1. The zero-order chi connectivity index (χ0) is 29.4. The molecule has 0 unspecified atom stereocenters. The van der Waals surface area contributed by atoms with E-state index in [1.165, 1.54) is 6.20 Å². The highest BCUT2D eigenvalue weighted by Crippen LogP contribution is 2.46. The molecule has 0 spiro atoms. The summed E-state index contributed by atoms with van der Waals surface area (Å²) in [7, 11) is 0. The van der Waals surface area contributed by atoms with Crippen molar-refractivity contribution in [2.24, 2.45) is 0 Å². The van der Waals surface area contributed by atoms with Crippen molar-refractivity contribution in [2.45, 2.75) is 50.2 Å². The predicted molar refractivity (Wildman–Crippen MR) is 145 cm³/mol. The molecule has 5 heterocycles. The fraction of sp³-hybridized carbons (Fsp3) is 0.414. The summed E-state index contributed by atoms with van der Waals surface area (Å²) in [6.45, 7) is 2.44. The van der Waals surface area contributed by atoms with Crippen LogP contribution in [0.5, 0.6) is 0 Å². The van der Waals surface area contributed by atoms with Gasteiger partial charge >= 0.3 is 6.18 Å². The van der Waals surface area contributed by atoms with Gasteiger partial charge < -0.3 is 19.4 Å². The quantitative estimate of drug-likeness (QED) is 0.489. The Labute approximate surface area is 239 Å². The maximum absolute atomic E-state index is 14.0. The zero-order valence-electron chi connectivity index (χ0n) is 22.5. The lowest BCUT2D eigenvalue weighted by Gasteiger charge is -2.36. The summed E-state index contributed by atoms with van der Waals surface area (Å²) in [5.41, 5.74) is -0.674. The van der Waals surface area contributed by atoms with Crippen LogP contribution in [-0.4, -0.2) is 64.4 Å². The second kappa shape index (κ2) is 11.1. The van der Waals surface area contributed by atoms with Crippen molar-refractivity contribution in [3.63, 3.8) is 0 Å². The van der Waals surface area contributed by atoms with E-state index >= 15 is 0 Å². The van der Waals surface area contributed by atoms with Crippen molar-refractivity contribution in [3.8, 4) is 6.07 Å². The highest BCUT2D eigenvalue weighted by atomic mass is 19.4. The van der Waals surface area contributed by atoms with Gasteiger partial charge in [0.2, 0.25) is 5.91 Å². The number of anilines is 2. The van der Waals surface area contributed by atoms with Crippen LogP contribution in [0.3, 0.4) is 0 Å². The first-order valence-corrected chi connectivity index (χ1v) is 13.8. The van der Waals surface area contributed by atoms with Gasteiger partial charge in [-0.15, -0.1) is 0 Å². The summed E-state index contributed by atoms with van der Waals surface area (Å²) in [5.74, 6) is 0.726. The number of aromatic amines is 1. The topological polar surface area (TPSA) is 118 Å². The molecule has 13 heteroatoms. The molecule has 218 valence electrons. The van der Waals surface area contributed by atoms with Crippen molar-refractivity contribution in [1.29, 1.82) is 5.26 Å². The van der Waals surface area contributed by atoms with E-state index in [1.54, 1.807) is 21.9 Å². The Kier molecular flexibility index (Phi) is 7.32. The highest BCUT2D eigenvalue weighted by Gasteiger charge is 2.45. The molecule has 0 aliphatic carbocycles. The molecule has 0 radical (unpaired) electrons. The summed E-state index contributed by atoms with van der Waals surface area (Å²) in [6, 6.07) is 12.4. The zero-order valence-corrected chi connectivity index (χ0v) is 22.5. The molecule has 3 atom stereocenters. The first kappa shape index (κ1) is 27.7. The van der Waals surface area contributed by atoms with E-state index in [0.29, 0.717) is 44.6 Å². The van der Waals surface area contributed by atoms with E-state index in [9.17, 15) is 22.8 Å². The lowest BCUT2D eigenvalue weighted by Crippen LogP contribution is -2.49. The van der Waals surface area contributed by atoms with Crippen LogP contribution in [0.15, 0.2) is 53.6 Å². The molecule has 1 N–H and O–H groups in total. The van der Waals surface area contributed by atoms with Crippen LogP contribution in [0, 0.1) is 11.3 Å². The molecule has 1 aromatic carbocycles. The average Bonchev–Trinajstić information content (AvgIpc) is 3.61. The van der Waals surface area contributed by atoms with Crippen LogP contribution in [-0.2, 0) is 22.3 Å². The van der Waals surface area contributed by atoms with E-state index in [0.717, 1.165) is 23.1 Å². The SMILES string of the molecule is N#Cc1ccc(N2CCN(C(=O)C[C@@H]3CC[C@@H]([C@H]4c5ccccc5CN4c4cn[nH]c(=O)c4C(F)(F)F)O3)CC2)nc1. The highest BCUT2D eigenvalue weighted by molar-refractivity contribution is 5.77. The number of nitrogens with one attached hydrogen (secondary N) is 1. The first-order valence-electron chi connectivity index (χ1n) is 13.8. The van der Waals surface area contributed by atoms with Crippen LogP contribution in [0.25, 0.3) is 0 Å². The number of benzene rings is 1. The molecule has 3 aromatic rings. The fourth-order valence-corrected chi connectivity index (χ4v) is 6.20. The summed E-state index contributed by atoms with van der Waals surface area (Å²) in [5, 5.41) is 14.6. The number of rotatable bonds is 5. The maximum Gasteiger partial charge on any atom is 0.423 e. The number of hydrogen-bond acceptors (Lipinski definition) is 8. The number of alkyl halides is 3. The van der Waals surface area contributed by atoms with E-state index in [4.69, 9.17) is 10.00 Å². The average molecular weight is 580 g/mol. The number of piperazine rings is 1. The minimum absolute atomic E-state index is 0.0325. The minimum atomic E-state index is -4.86. The molecule has 0 bridgehead atoms. The third kappa shape index (κ3) is 5.30. The number of H-pyrrole nitrogens is 1. The Bertz CT molecular complexity index is 1560. The van der Waals surface area contributed by atoms with E-state index < -0.39 is 29.4 Å². The number of aromatic nitrogens is 3. The van der Waals surface area contributed by atoms with Gasteiger partial charge in [0.15, 0.2) is 0 Å². The van der Waals surface area contributed by atoms with Gasteiger partial charge in [-0.1, -0.05) is 24.3 Å². The summed E-state index contributed by atoms with van der Waals surface area (Å²) >= 11 is 0. The Morgan fingerprint density at radius 2 is 1.88 bits per heavy atom. The molecule has 0 saturated carbocycles. The van der Waals surface area contributed by atoms with Gasteiger partial charge in [0.05, 0.1) is 42.1 Å². The monoisotopic (exact) mass is 579 g/mol. The number of pyridine rings is 1. The van der Waals surface area contributed by atoms with E-state index in [1.807, 2.05) is 29.4 Å². The normalized spacial score (nSPS) is 22.2. The number of nitrogens with zero attached hydrogens (tertiary/aromatic N) is 6. The fourth-order valence-electron chi connectivity index (χ4n) is 6.20. The van der Waals surface area contributed by atoms with Gasteiger partial charge in [-0.3, -0.25) is 9.59 Å². The largest absolute Gasteiger partial charge is 0.423 e. The predicted octanol–water partition coefficient (Wildman–Crippen LogP) is 3.40. The molecule has 10 nitrogen and oxygen atoms in total. The Balaban J connectivity index is 1.13. The Hall–Kier alpha value is -4.44. The smallest absolute Gasteiger partial charge is 0.372 e. The molecule has 2 fully saturated rings. The summed E-state index contributed by atoms with van der Waals surface area (Å²) in [6.07, 6.45) is -1.79. The van der Waals surface area contributed by atoms with Crippen LogP contribution >= 0.6 is 0 Å². The minimum Gasteiger partial charge on any atom is -0.372 e. The molecule has 42 heavy (non-hydrogen) atoms. The third-order valence-electron chi connectivity index (χ3n) is 8.21. The molecule has 6 rings (SSSR count). The summed E-state index contributed by atoms with van der Waals surface area (Å²) in [4.78, 5) is 35.2. The molecule has 2 aromatic heterocycles. The van der Waals surface area contributed by atoms with Crippen molar-refractivity contribution >= 4 is 17.4 Å². The number of hydrogen-bond donors (Lipinski definition) is 1. The third-order valence-corrected chi connectivity index (χ3v) is 8.21. The van der Waals surface area contributed by atoms with Crippen molar-refractivity contribution in [2.75, 3.05) is 36.0 Å².